The summed E-state index contributed by atoms with van der Waals surface area (Å²) in [4.78, 5) is 4.53. The van der Waals surface area contributed by atoms with Crippen LogP contribution in [0.4, 0.5) is 0 Å². The Morgan fingerprint density at radius 1 is 1.67 bits per heavy atom. The molecule has 0 spiro atoms. The van der Waals surface area contributed by atoms with Crippen LogP contribution < -0.4 is 5.32 Å². The van der Waals surface area contributed by atoms with Crippen LogP contribution in [0.15, 0.2) is 4.99 Å². The number of hydrogen-bond donors (Lipinski definition) is 1. The molecule has 0 radical (unpaired) electrons. The lowest BCUT2D eigenvalue weighted by Crippen LogP contribution is -2.38. The summed E-state index contributed by atoms with van der Waals surface area (Å²) in [6.45, 7) is 6.17. The van der Waals surface area contributed by atoms with Gasteiger partial charge in [0.2, 0.25) is 0 Å². The average Bonchev–Trinajstić information content (AvgIpc) is 2.22. The van der Waals surface area contributed by atoms with Crippen LogP contribution in [-0.2, 0) is 4.74 Å². The van der Waals surface area contributed by atoms with Crippen molar-refractivity contribution in [2.24, 2.45) is 10.9 Å². The molecule has 0 aromatic rings. The molecule has 88 valence electrons. The first-order chi connectivity index (χ1) is 7.26. The predicted molar refractivity (Wildman–Crippen MR) is 67.6 cm³/mol. The fourth-order valence-corrected chi connectivity index (χ4v) is 2.53. The first-order valence-corrected chi connectivity index (χ1v) is 6.67. The summed E-state index contributed by atoms with van der Waals surface area (Å²) in [5, 5.41) is 4.57. The molecule has 3 nitrogen and oxygen atoms in total. The monoisotopic (exact) mass is 230 g/mol. The Kier molecular flexibility index (Phi) is 6.10. The van der Waals surface area contributed by atoms with Crippen molar-refractivity contribution in [2.45, 2.75) is 32.7 Å². The maximum absolute atomic E-state index is 5.19. The Labute approximate surface area is 97.1 Å². The Hall–Kier alpha value is -0.220. The summed E-state index contributed by atoms with van der Waals surface area (Å²) in [7, 11) is 1.75. The topological polar surface area (TPSA) is 33.6 Å². The van der Waals surface area contributed by atoms with E-state index in [1.165, 1.54) is 12.2 Å². The molecule has 1 aliphatic rings. The third-order valence-corrected chi connectivity index (χ3v) is 3.64. The van der Waals surface area contributed by atoms with Gasteiger partial charge in [0.25, 0.3) is 0 Å². The van der Waals surface area contributed by atoms with Crippen molar-refractivity contribution in [1.29, 1.82) is 0 Å². The molecule has 0 bridgehead atoms. The molecule has 15 heavy (non-hydrogen) atoms. The number of amidine groups is 1. The lowest BCUT2D eigenvalue weighted by atomic mass is 10.2. The van der Waals surface area contributed by atoms with Crippen LogP contribution in [0.25, 0.3) is 0 Å². The first-order valence-electron chi connectivity index (χ1n) is 5.69. The second kappa shape index (κ2) is 7.12. The lowest BCUT2D eigenvalue weighted by molar-refractivity contribution is 0.170. The Bertz CT molecular complexity index is 203. The molecule has 0 amide bonds. The molecule has 2 unspecified atom stereocenters. The van der Waals surface area contributed by atoms with Crippen molar-refractivity contribution in [3.05, 3.63) is 0 Å². The summed E-state index contributed by atoms with van der Waals surface area (Å²) in [5.74, 6) is 1.89. The second-order valence-corrected chi connectivity index (χ2v) is 5.16. The molecule has 0 aromatic heterocycles. The minimum atomic E-state index is 0.416. The minimum absolute atomic E-state index is 0.416. The molecule has 4 heteroatoms. The quantitative estimate of drug-likeness (QED) is 0.785. The third kappa shape index (κ3) is 4.89. The van der Waals surface area contributed by atoms with E-state index in [1.807, 2.05) is 11.8 Å². The Balaban J connectivity index is 2.36. The van der Waals surface area contributed by atoms with Gasteiger partial charge in [0.1, 0.15) is 0 Å². The van der Waals surface area contributed by atoms with Crippen molar-refractivity contribution in [3.63, 3.8) is 0 Å². The van der Waals surface area contributed by atoms with Gasteiger partial charge >= 0.3 is 0 Å². The van der Waals surface area contributed by atoms with E-state index in [9.17, 15) is 0 Å². The summed E-state index contributed by atoms with van der Waals surface area (Å²) >= 11 is 1.83. The molecule has 0 saturated heterocycles. The molecule has 2 atom stereocenters. The van der Waals surface area contributed by atoms with Gasteiger partial charge in [-0.1, -0.05) is 32.0 Å². The molecular formula is C11H22N2OS. The number of aliphatic imine (C=N–C) groups is 1. The van der Waals surface area contributed by atoms with Crippen LogP contribution in [-0.4, -0.2) is 37.2 Å². The largest absolute Gasteiger partial charge is 0.383 e. The Morgan fingerprint density at radius 3 is 3.00 bits per heavy atom. The molecular weight excluding hydrogens is 208 g/mol. The van der Waals surface area contributed by atoms with E-state index < -0.39 is 0 Å². The smallest absolute Gasteiger partial charge is 0.156 e. The van der Waals surface area contributed by atoms with Crippen LogP contribution in [0.3, 0.4) is 0 Å². The molecule has 1 rings (SSSR count). The van der Waals surface area contributed by atoms with Crippen LogP contribution in [0.2, 0.25) is 0 Å². The van der Waals surface area contributed by atoms with Gasteiger partial charge in [-0.05, 0) is 12.3 Å². The Morgan fingerprint density at radius 2 is 2.47 bits per heavy atom. The number of thioether (sulfide) groups is 1. The fraction of sp³-hybridized carbons (Fsp3) is 0.909. The average molecular weight is 230 g/mol. The van der Waals surface area contributed by atoms with Gasteiger partial charge in [0.05, 0.1) is 12.6 Å². The third-order valence-electron chi connectivity index (χ3n) is 2.38. The van der Waals surface area contributed by atoms with Crippen LogP contribution in [0, 0.1) is 5.92 Å². The first kappa shape index (κ1) is 12.8. The van der Waals surface area contributed by atoms with E-state index in [0.717, 1.165) is 24.7 Å². The summed E-state index contributed by atoms with van der Waals surface area (Å²) in [6.07, 6.45) is 2.32. The summed E-state index contributed by atoms with van der Waals surface area (Å²) in [6, 6.07) is 0.416. The van der Waals surface area contributed by atoms with Crippen molar-refractivity contribution in [1.82, 2.24) is 5.32 Å². The fourth-order valence-electron chi connectivity index (χ4n) is 1.57. The van der Waals surface area contributed by atoms with Gasteiger partial charge in [0, 0.05) is 19.4 Å². The van der Waals surface area contributed by atoms with Crippen molar-refractivity contribution >= 4 is 16.9 Å². The zero-order valence-electron chi connectivity index (χ0n) is 9.95. The van der Waals surface area contributed by atoms with Crippen LogP contribution >= 0.6 is 11.8 Å². The second-order valence-electron chi connectivity index (χ2n) is 4.15. The van der Waals surface area contributed by atoms with Gasteiger partial charge in [-0.25, -0.2) is 0 Å². The molecule has 1 aliphatic heterocycles. The highest BCUT2D eigenvalue weighted by Crippen LogP contribution is 2.16. The van der Waals surface area contributed by atoms with Gasteiger partial charge < -0.3 is 10.1 Å². The van der Waals surface area contributed by atoms with Crippen molar-refractivity contribution in [2.75, 3.05) is 26.0 Å². The number of nitrogens with zero attached hydrogens (tertiary/aromatic N) is 1. The van der Waals surface area contributed by atoms with E-state index in [-0.39, 0.29) is 0 Å². The predicted octanol–water partition coefficient (Wildman–Crippen LogP) is 2.13. The van der Waals surface area contributed by atoms with E-state index in [4.69, 9.17) is 4.74 Å². The highest BCUT2D eigenvalue weighted by Gasteiger charge is 2.15. The molecule has 0 saturated carbocycles. The maximum atomic E-state index is 5.19. The number of ether oxygens (including phenoxy) is 1. The molecule has 1 heterocycles. The lowest BCUT2D eigenvalue weighted by Gasteiger charge is -2.23. The minimum Gasteiger partial charge on any atom is -0.383 e. The van der Waals surface area contributed by atoms with E-state index in [2.05, 4.69) is 24.2 Å². The van der Waals surface area contributed by atoms with Gasteiger partial charge in [-0.3, -0.25) is 4.99 Å². The molecule has 0 aromatic carbocycles. The highest BCUT2D eigenvalue weighted by molar-refractivity contribution is 8.13. The van der Waals surface area contributed by atoms with E-state index in [1.54, 1.807) is 7.11 Å². The van der Waals surface area contributed by atoms with Crippen LogP contribution in [0.5, 0.6) is 0 Å². The van der Waals surface area contributed by atoms with Crippen LogP contribution in [0.1, 0.15) is 26.7 Å². The number of rotatable bonds is 5. The van der Waals surface area contributed by atoms with Gasteiger partial charge in [0.15, 0.2) is 5.17 Å². The van der Waals surface area contributed by atoms with E-state index >= 15 is 0 Å². The van der Waals surface area contributed by atoms with Crippen molar-refractivity contribution in [3.8, 4) is 0 Å². The number of methoxy groups -OCH3 is 1. The standard InChI is InChI=1S/C11H22N2OS/c1-4-5-10(7-14-3)13-11-12-6-9(2)8-15-11/h9-10H,4-8H2,1-3H3,(H,12,13). The van der Waals surface area contributed by atoms with Gasteiger partial charge in [-0.15, -0.1) is 0 Å². The normalized spacial score (nSPS) is 23.4. The van der Waals surface area contributed by atoms with E-state index in [0.29, 0.717) is 12.0 Å². The SMILES string of the molecule is CCCC(COC)NC1=NCC(C)CS1. The zero-order valence-corrected chi connectivity index (χ0v) is 10.8. The number of hydrogen-bond acceptors (Lipinski definition) is 4. The highest BCUT2D eigenvalue weighted by atomic mass is 32.2. The van der Waals surface area contributed by atoms with Crippen molar-refractivity contribution < 1.29 is 4.74 Å². The van der Waals surface area contributed by atoms with Gasteiger partial charge in [-0.2, -0.15) is 0 Å². The summed E-state index contributed by atoms with van der Waals surface area (Å²) in [5.41, 5.74) is 0. The number of nitrogens with one attached hydrogen (secondary N) is 1. The molecule has 0 aliphatic carbocycles. The molecule has 0 fully saturated rings. The zero-order chi connectivity index (χ0) is 11.1. The maximum Gasteiger partial charge on any atom is 0.156 e. The molecule has 1 N–H and O–H groups in total. The summed E-state index contributed by atoms with van der Waals surface area (Å²) < 4.78 is 5.19.